The molecule has 0 atom stereocenters. The van der Waals surface area contributed by atoms with Crippen LogP contribution in [0.25, 0.3) is 11.1 Å². The van der Waals surface area contributed by atoms with Gasteiger partial charge in [0.25, 0.3) is 0 Å². The molecule has 0 unspecified atom stereocenters. The van der Waals surface area contributed by atoms with Crippen molar-refractivity contribution in [2.75, 3.05) is 21.0 Å². The summed E-state index contributed by atoms with van der Waals surface area (Å²) in [6.45, 7) is 4.06. The minimum Gasteiger partial charge on any atom is -0.493 e. The molecule has 1 aromatic heterocycles. The number of hydrogen-bond acceptors (Lipinski definition) is 3. The molecule has 0 amide bonds. The molecule has 4 heteroatoms. The van der Waals surface area contributed by atoms with Crippen molar-refractivity contribution < 1.29 is 18.6 Å². The Morgan fingerprint density at radius 1 is 0.900 bits per heavy atom. The fourth-order valence-corrected chi connectivity index (χ4v) is 2.05. The zero-order valence-electron chi connectivity index (χ0n) is 12.2. The summed E-state index contributed by atoms with van der Waals surface area (Å²) in [7, 11) is 3.20. The van der Waals surface area contributed by atoms with E-state index in [2.05, 4.69) is 0 Å². The minimum atomic E-state index is 0.193. The van der Waals surface area contributed by atoms with Crippen LogP contribution in [-0.4, -0.2) is 21.0 Å². The second-order valence-corrected chi connectivity index (χ2v) is 4.48. The van der Waals surface area contributed by atoms with Crippen LogP contribution in [0.4, 0.5) is 0 Å². The molecule has 2 rings (SSSR count). The Balaban J connectivity index is 2.37. The lowest BCUT2D eigenvalue weighted by Gasteiger charge is -2.11. The van der Waals surface area contributed by atoms with Crippen molar-refractivity contribution in [3.8, 4) is 22.6 Å². The van der Waals surface area contributed by atoms with E-state index in [1.54, 1.807) is 14.2 Å². The highest BCUT2D eigenvalue weighted by molar-refractivity contribution is 5.67. The predicted molar refractivity (Wildman–Crippen MR) is 77.1 cm³/mol. The van der Waals surface area contributed by atoms with Gasteiger partial charge in [0.15, 0.2) is 18.3 Å². The average Bonchev–Trinajstić information content (AvgIpc) is 2.43. The Morgan fingerprint density at radius 2 is 1.60 bits per heavy atom. The second kappa shape index (κ2) is 6.39. The average molecular weight is 275 g/mol. The van der Waals surface area contributed by atoms with Crippen LogP contribution in [0.5, 0.6) is 11.5 Å². The number of hydrogen-bond donors (Lipinski definition) is 0. The number of aryl methyl sites for hydroxylation is 2. The standard InChI is InChI=1S/C16H19O4/c1-11-7-14(8-12(2)20-11)13-5-6-15(19-10-17-3)16(9-13)18-4/h5-9H,10H2,1-4H3/q+1. The molecule has 0 aliphatic heterocycles. The van der Waals surface area contributed by atoms with Crippen LogP contribution < -0.4 is 9.47 Å². The SMILES string of the molecule is COCOc1ccc(-c2cc(C)[o+]c(C)c2)cc1OC. The van der Waals surface area contributed by atoms with Gasteiger partial charge in [-0.25, -0.2) is 4.42 Å². The Kier molecular flexibility index (Phi) is 4.58. The van der Waals surface area contributed by atoms with E-state index >= 15 is 0 Å². The maximum atomic E-state index is 5.50. The molecule has 20 heavy (non-hydrogen) atoms. The Hall–Kier alpha value is -2.07. The maximum Gasteiger partial charge on any atom is 0.327 e. The smallest absolute Gasteiger partial charge is 0.327 e. The van der Waals surface area contributed by atoms with E-state index in [-0.39, 0.29) is 6.79 Å². The van der Waals surface area contributed by atoms with Gasteiger partial charge in [0.2, 0.25) is 0 Å². The van der Waals surface area contributed by atoms with Gasteiger partial charge in [0.05, 0.1) is 21.0 Å². The first-order chi connectivity index (χ1) is 9.63. The van der Waals surface area contributed by atoms with Crippen molar-refractivity contribution in [3.05, 3.63) is 41.9 Å². The molecule has 2 aromatic rings. The summed E-state index contributed by atoms with van der Waals surface area (Å²) in [5.74, 6) is 3.08. The highest BCUT2D eigenvalue weighted by Crippen LogP contribution is 2.33. The fourth-order valence-electron chi connectivity index (χ4n) is 2.05. The van der Waals surface area contributed by atoms with E-state index < -0.39 is 0 Å². The van der Waals surface area contributed by atoms with Crippen molar-refractivity contribution in [2.45, 2.75) is 13.8 Å². The van der Waals surface area contributed by atoms with Gasteiger partial charge in [-0.15, -0.1) is 0 Å². The Labute approximate surface area is 118 Å². The molecule has 0 aliphatic rings. The van der Waals surface area contributed by atoms with Crippen LogP contribution in [0, 0.1) is 13.8 Å². The normalized spacial score (nSPS) is 10.4. The number of ether oxygens (including phenoxy) is 3. The number of methoxy groups -OCH3 is 2. The molecule has 0 N–H and O–H groups in total. The van der Waals surface area contributed by atoms with Crippen molar-refractivity contribution in [2.24, 2.45) is 0 Å². The number of rotatable bonds is 5. The third-order valence-electron chi connectivity index (χ3n) is 2.87. The molecule has 0 radical (unpaired) electrons. The highest BCUT2D eigenvalue weighted by atomic mass is 16.7. The van der Waals surface area contributed by atoms with E-state index in [1.807, 2.05) is 44.2 Å². The van der Waals surface area contributed by atoms with Crippen LogP contribution in [0.1, 0.15) is 11.5 Å². The van der Waals surface area contributed by atoms with E-state index in [4.69, 9.17) is 18.6 Å². The van der Waals surface area contributed by atoms with Crippen LogP contribution in [0.3, 0.4) is 0 Å². The second-order valence-electron chi connectivity index (χ2n) is 4.48. The van der Waals surface area contributed by atoms with E-state index in [0.717, 1.165) is 22.6 Å². The molecule has 106 valence electrons. The summed E-state index contributed by atoms with van der Waals surface area (Å²) >= 11 is 0. The molecule has 1 aromatic carbocycles. The molecular formula is C16H19O4+. The van der Waals surface area contributed by atoms with Crippen molar-refractivity contribution in [1.82, 2.24) is 0 Å². The van der Waals surface area contributed by atoms with Gasteiger partial charge in [-0.1, -0.05) is 6.07 Å². The molecule has 0 saturated heterocycles. The molecule has 0 fully saturated rings. The van der Waals surface area contributed by atoms with Gasteiger partial charge < -0.3 is 14.2 Å². The molecule has 1 heterocycles. The minimum absolute atomic E-state index is 0.193. The highest BCUT2D eigenvalue weighted by Gasteiger charge is 2.12. The first kappa shape index (κ1) is 14.3. The lowest BCUT2D eigenvalue weighted by molar-refractivity contribution is 0.0492. The first-order valence-corrected chi connectivity index (χ1v) is 6.35. The Bertz CT molecular complexity index is 573. The first-order valence-electron chi connectivity index (χ1n) is 6.35. The third-order valence-corrected chi connectivity index (χ3v) is 2.87. The van der Waals surface area contributed by atoms with E-state index in [1.165, 1.54) is 0 Å². The molecule has 0 spiro atoms. The third kappa shape index (κ3) is 3.27. The topological polar surface area (TPSA) is 39.0 Å². The zero-order chi connectivity index (χ0) is 14.5. The van der Waals surface area contributed by atoms with Gasteiger partial charge in [-0.2, -0.15) is 0 Å². The maximum absolute atomic E-state index is 5.50. The van der Waals surface area contributed by atoms with Crippen LogP contribution >= 0.6 is 0 Å². The van der Waals surface area contributed by atoms with Crippen LogP contribution in [0.2, 0.25) is 0 Å². The van der Waals surface area contributed by atoms with Gasteiger partial charge in [0, 0.05) is 19.2 Å². The van der Waals surface area contributed by atoms with Gasteiger partial charge in [0.1, 0.15) is 0 Å². The molecule has 0 bridgehead atoms. The molecule has 0 saturated carbocycles. The van der Waals surface area contributed by atoms with Gasteiger partial charge in [-0.05, 0) is 23.3 Å². The molecule has 0 aliphatic carbocycles. The van der Waals surface area contributed by atoms with Crippen LogP contribution in [-0.2, 0) is 4.74 Å². The van der Waals surface area contributed by atoms with Crippen LogP contribution in [0.15, 0.2) is 34.7 Å². The largest absolute Gasteiger partial charge is 0.493 e. The summed E-state index contributed by atoms with van der Waals surface area (Å²) in [4.78, 5) is 0. The lowest BCUT2D eigenvalue weighted by Crippen LogP contribution is -2.00. The van der Waals surface area contributed by atoms with Gasteiger partial charge >= 0.3 is 11.5 Å². The zero-order valence-corrected chi connectivity index (χ0v) is 12.2. The summed E-state index contributed by atoms with van der Waals surface area (Å²) < 4.78 is 21.2. The van der Waals surface area contributed by atoms with Crippen molar-refractivity contribution in [3.63, 3.8) is 0 Å². The fraction of sp³-hybridized carbons (Fsp3) is 0.312. The quantitative estimate of drug-likeness (QED) is 0.614. The summed E-state index contributed by atoms with van der Waals surface area (Å²) in [6, 6.07) is 9.80. The molecular weight excluding hydrogens is 256 g/mol. The van der Waals surface area contributed by atoms with Crippen molar-refractivity contribution in [1.29, 1.82) is 0 Å². The summed E-state index contributed by atoms with van der Waals surface area (Å²) in [5.41, 5.74) is 2.14. The van der Waals surface area contributed by atoms with Gasteiger partial charge in [-0.3, -0.25) is 0 Å². The molecule has 4 nitrogen and oxygen atoms in total. The van der Waals surface area contributed by atoms with E-state index in [9.17, 15) is 0 Å². The Morgan fingerprint density at radius 3 is 2.20 bits per heavy atom. The summed E-state index contributed by atoms with van der Waals surface area (Å²) in [5, 5.41) is 0. The summed E-state index contributed by atoms with van der Waals surface area (Å²) in [6.07, 6.45) is 0. The monoisotopic (exact) mass is 275 g/mol. The predicted octanol–water partition coefficient (Wildman–Crippen LogP) is 3.84. The van der Waals surface area contributed by atoms with E-state index in [0.29, 0.717) is 11.5 Å². The van der Waals surface area contributed by atoms with Crippen molar-refractivity contribution >= 4 is 0 Å². The lowest BCUT2D eigenvalue weighted by atomic mass is 10.1. The number of benzene rings is 1.